The van der Waals surface area contributed by atoms with E-state index in [1.165, 1.54) is 70.3 Å². The number of rotatable bonds is 30. The highest BCUT2D eigenvalue weighted by Gasteiger charge is 2.19. The van der Waals surface area contributed by atoms with Gasteiger partial charge in [0, 0.05) is 19.0 Å². The van der Waals surface area contributed by atoms with E-state index >= 15 is 0 Å². The van der Waals surface area contributed by atoms with E-state index in [1.807, 2.05) is 6.08 Å². The molecule has 0 saturated carbocycles. The van der Waals surface area contributed by atoms with E-state index in [-0.39, 0.29) is 23.7 Å². The average molecular weight is 660 g/mol. The summed E-state index contributed by atoms with van der Waals surface area (Å²) < 4.78 is 4.70. The topological polar surface area (TPSA) is 164 Å². The van der Waals surface area contributed by atoms with Gasteiger partial charge in [-0.15, -0.1) is 0 Å². The SMILES string of the molecule is CCCCCCCCCCCCCCCC(=O)N[C@@H](CO)[C@@H](O)/C=C/CCCCCCCCCNc1ccc([N+](=O)[O-])c2nonc12. The monoisotopic (exact) mass is 659 g/mol. The molecule has 0 aliphatic heterocycles. The van der Waals surface area contributed by atoms with Gasteiger partial charge in [0.05, 0.1) is 29.4 Å². The first-order valence-electron chi connectivity index (χ1n) is 18.4. The van der Waals surface area contributed by atoms with Crippen LogP contribution in [0.15, 0.2) is 28.9 Å². The van der Waals surface area contributed by atoms with Crippen molar-refractivity contribution in [1.82, 2.24) is 15.6 Å². The van der Waals surface area contributed by atoms with Crippen LogP contribution >= 0.6 is 0 Å². The van der Waals surface area contributed by atoms with E-state index in [4.69, 9.17) is 4.63 Å². The van der Waals surface area contributed by atoms with Crippen LogP contribution in [0.25, 0.3) is 11.0 Å². The number of allylic oxidation sites excluding steroid dienone is 1. The second-order valence-corrected chi connectivity index (χ2v) is 12.8. The van der Waals surface area contributed by atoms with Crippen LogP contribution in [0, 0.1) is 10.1 Å². The molecule has 1 aromatic carbocycles. The number of nitro benzene ring substituents is 1. The Labute approximate surface area is 281 Å². The molecule has 0 saturated heterocycles. The zero-order chi connectivity index (χ0) is 34.0. The standard InChI is InChI=1S/C36H61N5O6/c1-2-3-4-5-6-7-8-9-10-13-16-19-22-25-34(44)38-31(29-42)33(43)24-21-18-15-12-11-14-17-20-23-28-37-30-26-27-32(41(45)46)36-35(30)39-47-40-36/h21,24,26-27,31,33,37,42-43H,2-20,22-23,25,28-29H2,1H3,(H,38,44)/b24-21+/t31-,33-/m0/s1. The molecule has 0 spiro atoms. The fraction of sp³-hybridized carbons (Fsp3) is 0.750. The summed E-state index contributed by atoms with van der Waals surface area (Å²) >= 11 is 0. The van der Waals surface area contributed by atoms with Crippen molar-refractivity contribution in [2.45, 2.75) is 160 Å². The number of carbonyl (C=O) groups is 1. The normalized spacial score (nSPS) is 12.9. The van der Waals surface area contributed by atoms with Gasteiger partial charge in [-0.2, -0.15) is 0 Å². The molecule has 1 aromatic heterocycles. The fourth-order valence-corrected chi connectivity index (χ4v) is 5.83. The highest BCUT2D eigenvalue weighted by Crippen LogP contribution is 2.28. The molecule has 4 N–H and O–H groups in total. The van der Waals surface area contributed by atoms with Crippen LogP contribution in [-0.2, 0) is 4.79 Å². The number of aromatic nitrogens is 2. The highest BCUT2D eigenvalue weighted by atomic mass is 16.6. The molecule has 266 valence electrons. The number of fused-ring (bicyclic) bond motifs is 1. The number of carbonyl (C=O) groups excluding carboxylic acids is 1. The summed E-state index contributed by atoms with van der Waals surface area (Å²) in [5.74, 6) is -0.105. The Bertz CT molecular complexity index is 1140. The van der Waals surface area contributed by atoms with Gasteiger partial charge in [-0.25, -0.2) is 4.63 Å². The zero-order valence-corrected chi connectivity index (χ0v) is 28.8. The summed E-state index contributed by atoms with van der Waals surface area (Å²) in [5.41, 5.74) is 1.09. The summed E-state index contributed by atoms with van der Waals surface area (Å²) in [5, 5.41) is 44.7. The Hall–Kier alpha value is -3.05. The molecule has 1 amide bonds. The van der Waals surface area contributed by atoms with Gasteiger partial charge in [-0.3, -0.25) is 14.9 Å². The number of hydrogen-bond donors (Lipinski definition) is 4. The van der Waals surface area contributed by atoms with Gasteiger partial charge in [0.15, 0.2) is 5.52 Å². The van der Waals surface area contributed by atoms with Crippen molar-refractivity contribution in [1.29, 1.82) is 0 Å². The minimum atomic E-state index is -0.896. The van der Waals surface area contributed by atoms with E-state index < -0.39 is 17.1 Å². The van der Waals surface area contributed by atoms with Crippen LogP contribution in [0.2, 0.25) is 0 Å². The summed E-state index contributed by atoms with van der Waals surface area (Å²) in [7, 11) is 0. The molecule has 0 radical (unpaired) electrons. The van der Waals surface area contributed by atoms with Gasteiger partial charge < -0.3 is 20.8 Å². The smallest absolute Gasteiger partial charge is 0.300 e. The predicted molar refractivity (Wildman–Crippen MR) is 188 cm³/mol. The van der Waals surface area contributed by atoms with E-state index in [1.54, 1.807) is 12.1 Å². The molecule has 2 atom stereocenters. The fourth-order valence-electron chi connectivity index (χ4n) is 5.83. The molecular formula is C36H61N5O6. The number of hydrogen-bond acceptors (Lipinski definition) is 9. The second-order valence-electron chi connectivity index (χ2n) is 12.8. The van der Waals surface area contributed by atoms with Crippen molar-refractivity contribution in [2.24, 2.45) is 0 Å². The number of amides is 1. The van der Waals surface area contributed by atoms with Gasteiger partial charge in [0.25, 0.3) is 0 Å². The van der Waals surface area contributed by atoms with Crippen molar-refractivity contribution in [2.75, 3.05) is 18.5 Å². The quantitative estimate of drug-likeness (QED) is 0.0278. The zero-order valence-electron chi connectivity index (χ0n) is 28.8. The molecule has 0 fully saturated rings. The first-order chi connectivity index (χ1) is 23.0. The van der Waals surface area contributed by atoms with Crippen LogP contribution in [-0.4, -0.2) is 56.7 Å². The van der Waals surface area contributed by atoms with E-state index in [9.17, 15) is 25.1 Å². The lowest BCUT2D eigenvalue weighted by molar-refractivity contribution is -0.383. The van der Waals surface area contributed by atoms with Crippen molar-refractivity contribution in [3.8, 4) is 0 Å². The highest BCUT2D eigenvalue weighted by molar-refractivity contribution is 5.93. The number of anilines is 1. The molecule has 47 heavy (non-hydrogen) atoms. The van der Waals surface area contributed by atoms with Crippen molar-refractivity contribution >= 4 is 28.3 Å². The lowest BCUT2D eigenvalue weighted by Gasteiger charge is -2.20. The van der Waals surface area contributed by atoms with Crippen LogP contribution < -0.4 is 10.6 Å². The predicted octanol–water partition coefficient (Wildman–Crippen LogP) is 8.54. The van der Waals surface area contributed by atoms with Crippen LogP contribution in [0.1, 0.15) is 148 Å². The third-order valence-corrected chi connectivity index (χ3v) is 8.75. The Balaban J connectivity index is 1.42. The Morgan fingerprint density at radius 2 is 1.40 bits per heavy atom. The van der Waals surface area contributed by atoms with Gasteiger partial charge in [-0.05, 0) is 42.1 Å². The van der Waals surface area contributed by atoms with Crippen molar-refractivity contribution < 1.29 is 24.6 Å². The Kier molecular flexibility index (Phi) is 22.2. The Morgan fingerprint density at radius 3 is 2.00 bits per heavy atom. The van der Waals surface area contributed by atoms with E-state index in [0.29, 0.717) is 17.6 Å². The number of aliphatic hydroxyl groups is 2. The third kappa shape index (κ3) is 17.6. The maximum absolute atomic E-state index is 12.3. The lowest BCUT2D eigenvalue weighted by Crippen LogP contribution is -2.45. The van der Waals surface area contributed by atoms with Crippen LogP contribution in [0.3, 0.4) is 0 Å². The van der Waals surface area contributed by atoms with Gasteiger partial charge in [-0.1, -0.05) is 128 Å². The maximum Gasteiger partial charge on any atom is 0.300 e. The molecule has 0 aliphatic rings. The number of nitrogens with zero attached hydrogens (tertiary/aromatic N) is 3. The molecule has 11 heteroatoms. The second kappa shape index (κ2) is 26.0. The molecular weight excluding hydrogens is 598 g/mol. The summed E-state index contributed by atoms with van der Waals surface area (Å²) in [6, 6.07) is 2.38. The minimum absolute atomic E-state index is 0.105. The van der Waals surface area contributed by atoms with E-state index in [0.717, 1.165) is 77.2 Å². The van der Waals surface area contributed by atoms with Crippen LogP contribution in [0.5, 0.6) is 0 Å². The minimum Gasteiger partial charge on any atom is -0.394 e. The molecule has 11 nitrogen and oxygen atoms in total. The number of benzene rings is 1. The lowest BCUT2D eigenvalue weighted by atomic mass is 10.0. The average Bonchev–Trinajstić information content (AvgIpc) is 3.56. The summed E-state index contributed by atoms with van der Waals surface area (Å²) in [6.45, 7) is 2.70. The maximum atomic E-state index is 12.3. The molecule has 1 heterocycles. The van der Waals surface area contributed by atoms with Crippen molar-refractivity contribution in [3.63, 3.8) is 0 Å². The summed E-state index contributed by atoms with van der Waals surface area (Å²) in [6.07, 6.45) is 28.1. The first-order valence-corrected chi connectivity index (χ1v) is 18.4. The summed E-state index contributed by atoms with van der Waals surface area (Å²) in [4.78, 5) is 22.9. The Morgan fingerprint density at radius 1 is 0.851 bits per heavy atom. The van der Waals surface area contributed by atoms with Crippen molar-refractivity contribution in [3.05, 3.63) is 34.4 Å². The largest absolute Gasteiger partial charge is 0.394 e. The number of non-ortho nitro benzene ring substituents is 1. The molecule has 0 aliphatic carbocycles. The molecule has 0 unspecified atom stereocenters. The third-order valence-electron chi connectivity index (χ3n) is 8.75. The van der Waals surface area contributed by atoms with Crippen LogP contribution in [0.4, 0.5) is 11.4 Å². The number of unbranched alkanes of at least 4 members (excludes halogenated alkanes) is 19. The number of nitrogens with one attached hydrogen (secondary N) is 2. The van der Waals surface area contributed by atoms with Gasteiger partial charge in [0.2, 0.25) is 11.4 Å². The first kappa shape index (κ1) is 40.1. The molecule has 0 bridgehead atoms. The van der Waals surface area contributed by atoms with Gasteiger partial charge in [0.1, 0.15) is 0 Å². The van der Waals surface area contributed by atoms with E-state index in [2.05, 4.69) is 27.9 Å². The molecule has 2 rings (SSSR count). The number of aliphatic hydroxyl groups excluding tert-OH is 2. The number of nitro groups is 1. The van der Waals surface area contributed by atoms with Gasteiger partial charge >= 0.3 is 5.69 Å². The molecule has 2 aromatic rings.